The van der Waals surface area contributed by atoms with Gasteiger partial charge in [0, 0.05) is 59.0 Å². The van der Waals surface area contributed by atoms with Gasteiger partial charge < -0.3 is 15.0 Å². The first kappa shape index (κ1) is 22.6. The van der Waals surface area contributed by atoms with E-state index in [1.165, 1.54) is 50.8 Å². The number of hydrogen-bond acceptors (Lipinski definition) is 4. The van der Waals surface area contributed by atoms with Crippen molar-refractivity contribution in [3.8, 4) is 0 Å². The molecule has 3 atom stereocenters. The number of fused-ring (bicyclic) bond motifs is 1. The number of benzene rings is 1. The fourth-order valence-corrected chi connectivity index (χ4v) is 5.88. The number of rotatable bonds is 7. The van der Waals surface area contributed by atoms with Gasteiger partial charge in [-0.2, -0.15) is 0 Å². The second-order valence-electron chi connectivity index (χ2n) is 9.41. The zero-order valence-corrected chi connectivity index (χ0v) is 19.5. The van der Waals surface area contributed by atoms with Crippen molar-refractivity contribution in [3.05, 3.63) is 35.9 Å². The molecule has 0 saturated carbocycles. The highest BCUT2D eigenvalue weighted by Gasteiger charge is 2.37. The SMILES string of the molecule is CN=C(NCC1CCCN1CCOC)N1CCC2C(CCCN2Cc2ccccc2)C1. The molecule has 3 aliphatic heterocycles. The minimum atomic E-state index is 0.598. The van der Waals surface area contributed by atoms with Crippen LogP contribution in [0.25, 0.3) is 0 Å². The molecule has 0 amide bonds. The van der Waals surface area contributed by atoms with E-state index in [1.54, 1.807) is 7.11 Å². The maximum absolute atomic E-state index is 5.29. The van der Waals surface area contributed by atoms with Crippen LogP contribution in [0.3, 0.4) is 0 Å². The molecule has 4 rings (SSSR count). The number of aliphatic imine (C=N–C) groups is 1. The Kier molecular flexibility index (Phi) is 8.22. The van der Waals surface area contributed by atoms with Crippen molar-refractivity contribution in [2.24, 2.45) is 10.9 Å². The second-order valence-corrected chi connectivity index (χ2v) is 9.41. The van der Waals surface area contributed by atoms with Crippen LogP contribution in [0.15, 0.2) is 35.3 Å². The lowest BCUT2D eigenvalue weighted by Crippen LogP contribution is -2.57. The van der Waals surface area contributed by atoms with Crippen LogP contribution >= 0.6 is 0 Å². The van der Waals surface area contributed by atoms with Crippen molar-refractivity contribution in [1.82, 2.24) is 20.0 Å². The van der Waals surface area contributed by atoms with Crippen LogP contribution in [-0.4, -0.2) is 92.8 Å². The third kappa shape index (κ3) is 5.79. The van der Waals surface area contributed by atoms with Gasteiger partial charge in [0.25, 0.3) is 0 Å². The number of likely N-dealkylation sites (tertiary alicyclic amines) is 3. The quantitative estimate of drug-likeness (QED) is 0.535. The smallest absolute Gasteiger partial charge is 0.193 e. The van der Waals surface area contributed by atoms with E-state index in [9.17, 15) is 0 Å². The van der Waals surface area contributed by atoms with E-state index in [0.29, 0.717) is 12.1 Å². The third-order valence-corrected chi connectivity index (χ3v) is 7.50. The number of ether oxygens (including phenoxy) is 1. The molecule has 0 bridgehead atoms. The summed E-state index contributed by atoms with van der Waals surface area (Å²) < 4.78 is 5.29. The van der Waals surface area contributed by atoms with Crippen LogP contribution < -0.4 is 5.32 Å². The van der Waals surface area contributed by atoms with Gasteiger partial charge in [-0.1, -0.05) is 30.3 Å². The summed E-state index contributed by atoms with van der Waals surface area (Å²) in [6.45, 7) is 8.60. The van der Waals surface area contributed by atoms with E-state index in [-0.39, 0.29) is 0 Å². The lowest BCUT2D eigenvalue weighted by atomic mass is 9.83. The normalized spacial score (nSPS) is 28.0. The molecule has 3 heterocycles. The molecule has 6 nitrogen and oxygen atoms in total. The third-order valence-electron chi connectivity index (χ3n) is 7.50. The summed E-state index contributed by atoms with van der Waals surface area (Å²) in [5.74, 6) is 1.84. The molecular formula is C25H41N5O. The molecule has 0 spiro atoms. The number of hydrogen-bond donors (Lipinski definition) is 1. The van der Waals surface area contributed by atoms with Gasteiger partial charge in [0.15, 0.2) is 5.96 Å². The molecule has 3 unspecified atom stereocenters. The lowest BCUT2D eigenvalue weighted by molar-refractivity contribution is 0.0371. The number of piperidine rings is 2. The van der Waals surface area contributed by atoms with Crippen molar-refractivity contribution in [2.75, 3.05) is 60.0 Å². The first-order chi connectivity index (χ1) is 15.3. The lowest BCUT2D eigenvalue weighted by Gasteiger charge is -2.48. The number of nitrogens with zero attached hydrogens (tertiary/aromatic N) is 4. The fraction of sp³-hybridized carbons (Fsp3) is 0.720. The second kappa shape index (κ2) is 11.3. The van der Waals surface area contributed by atoms with E-state index in [0.717, 1.165) is 51.2 Å². The van der Waals surface area contributed by atoms with Crippen LogP contribution in [0.4, 0.5) is 0 Å². The predicted octanol–water partition coefficient (Wildman–Crippen LogP) is 2.66. The van der Waals surface area contributed by atoms with E-state index in [4.69, 9.17) is 4.74 Å². The highest BCUT2D eigenvalue weighted by Crippen LogP contribution is 2.31. The Morgan fingerprint density at radius 2 is 1.87 bits per heavy atom. The molecule has 0 aromatic heterocycles. The summed E-state index contributed by atoms with van der Waals surface area (Å²) in [4.78, 5) is 12.5. The van der Waals surface area contributed by atoms with Gasteiger partial charge >= 0.3 is 0 Å². The zero-order valence-electron chi connectivity index (χ0n) is 19.5. The van der Waals surface area contributed by atoms with Gasteiger partial charge in [-0.3, -0.25) is 14.8 Å². The predicted molar refractivity (Wildman–Crippen MR) is 127 cm³/mol. The fourth-order valence-electron chi connectivity index (χ4n) is 5.88. The van der Waals surface area contributed by atoms with Gasteiger partial charge in [-0.05, 0) is 56.7 Å². The molecule has 1 aromatic carbocycles. The highest BCUT2D eigenvalue weighted by molar-refractivity contribution is 5.80. The van der Waals surface area contributed by atoms with Crippen molar-refractivity contribution in [3.63, 3.8) is 0 Å². The van der Waals surface area contributed by atoms with E-state index >= 15 is 0 Å². The minimum Gasteiger partial charge on any atom is -0.383 e. The molecule has 3 saturated heterocycles. The first-order valence-corrected chi connectivity index (χ1v) is 12.2. The molecule has 6 heteroatoms. The van der Waals surface area contributed by atoms with Crippen LogP contribution in [-0.2, 0) is 11.3 Å². The van der Waals surface area contributed by atoms with Gasteiger partial charge in [-0.25, -0.2) is 0 Å². The molecule has 0 radical (unpaired) electrons. The Bertz CT molecular complexity index is 696. The Labute approximate surface area is 188 Å². The topological polar surface area (TPSA) is 43.3 Å². The van der Waals surface area contributed by atoms with E-state index in [2.05, 4.69) is 55.3 Å². The summed E-state index contributed by atoms with van der Waals surface area (Å²) in [5.41, 5.74) is 1.44. The Morgan fingerprint density at radius 1 is 1.06 bits per heavy atom. The van der Waals surface area contributed by atoms with Crippen molar-refractivity contribution >= 4 is 5.96 Å². The monoisotopic (exact) mass is 427 g/mol. The average Bonchev–Trinajstić information content (AvgIpc) is 3.26. The van der Waals surface area contributed by atoms with Crippen LogP contribution in [0.5, 0.6) is 0 Å². The zero-order chi connectivity index (χ0) is 21.5. The summed E-state index contributed by atoms with van der Waals surface area (Å²) in [5, 5.41) is 3.71. The van der Waals surface area contributed by atoms with E-state index in [1.807, 2.05) is 7.05 Å². The average molecular weight is 428 g/mol. The minimum absolute atomic E-state index is 0.598. The van der Waals surface area contributed by atoms with Gasteiger partial charge in [-0.15, -0.1) is 0 Å². The summed E-state index contributed by atoms with van der Waals surface area (Å²) in [6.07, 6.45) is 6.45. The maximum Gasteiger partial charge on any atom is 0.193 e. The Balaban J connectivity index is 1.30. The maximum atomic E-state index is 5.29. The standard InChI is InChI=1S/C25H41N5O/c1-26-25(27-18-23-11-7-13-28(23)16-17-31-2)30-15-12-24-22(20-30)10-6-14-29(24)19-21-8-4-3-5-9-21/h3-5,8-9,22-24H,6-7,10-20H2,1-2H3,(H,26,27). The molecule has 3 fully saturated rings. The van der Waals surface area contributed by atoms with Gasteiger partial charge in [0.05, 0.1) is 6.61 Å². The molecule has 1 N–H and O–H groups in total. The number of guanidine groups is 1. The van der Waals surface area contributed by atoms with Crippen LogP contribution in [0.1, 0.15) is 37.7 Å². The molecule has 0 aliphatic carbocycles. The molecule has 1 aromatic rings. The Morgan fingerprint density at radius 3 is 2.68 bits per heavy atom. The largest absolute Gasteiger partial charge is 0.383 e. The van der Waals surface area contributed by atoms with Crippen molar-refractivity contribution < 1.29 is 4.74 Å². The number of nitrogens with one attached hydrogen (secondary N) is 1. The first-order valence-electron chi connectivity index (χ1n) is 12.2. The Hall–Kier alpha value is -1.63. The van der Waals surface area contributed by atoms with Crippen LogP contribution in [0, 0.1) is 5.92 Å². The van der Waals surface area contributed by atoms with Gasteiger partial charge in [0.2, 0.25) is 0 Å². The van der Waals surface area contributed by atoms with Crippen molar-refractivity contribution in [1.29, 1.82) is 0 Å². The van der Waals surface area contributed by atoms with E-state index < -0.39 is 0 Å². The van der Waals surface area contributed by atoms with Crippen molar-refractivity contribution in [2.45, 2.75) is 50.7 Å². The summed E-state index contributed by atoms with van der Waals surface area (Å²) >= 11 is 0. The van der Waals surface area contributed by atoms with Crippen LogP contribution in [0.2, 0.25) is 0 Å². The highest BCUT2D eigenvalue weighted by atomic mass is 16.5. The molecule has 172 valence electrons. The summed E-state index contributed by atoms with van der Waals surface area (Å²) in [7, 11) is 3.73. The summed E-state index contributed by atoms with van der Waals surface area (Å²) in [6, 6.07) is 12.3. The van der Waals surface area contributed by atoms with Gasteiger partial charge in [0.1, 0.15) is 0 Å². The number of methoxy groups -OCH3 is 1. The molecule has 3 aliphatic rings. The molecular weight excluding hydrogens is 386 g/mol. The molecule has 31 heavy (non-hydrogen) atoms.